The Balaban J connectivity index is 1.48. The highest BCUT2D eigenvalue weighted by molar-refractivity contribution is 9.10. The minimum absolute atomic E-state index is 0.0249. The molecule has 4 rings (SSSR count). The highest BCUT2D eigenvalue weighted by Gasteiger charge is 2.36. The molecule has 2 aliphatic heterocycles. The molecule has 3 nitrogen and oxygen atoms in total. The minimum Gasteiger partial charge on any atom is -0.309 e. The summed E-state index contributed by atoms with van der Waals surface area (Å²) in [7, 11) is 0. The number of hydrogen-bond donors (Lipinski definition) is 0. The predicted octanol–water partition coefficient (Wildman–Crippen LogP) is 5.95. The van der Waals surface area contributed by atoms with Crippen LogP contribution in [0.3, 0.4) is 0 Å². The third-order valence-corrected chi connectivity index (χ3v) is 6.84. The standard InChI is InChI=1S/C22H23BrCl2N2O/c1-14-9-17-10-18(23)5-7-21(17)27(14)22(28)16-3-2-8-26(13-16)12-15-4-6-19(24)11-20(15)25/h4-7,10-11,14,16H,2-3,8-9,12-13H2,1H3. The summed E-state index contributed by atoms with van der Waals surface area (Å²) in [5, 5.41) is 1.34. The van der Waals surface area contributed by atoms with Gasteiger partial charge < -0.3 is 4.90 Å². The zero-order valence-corrected chi connectivity index (χ0v) is 18.9. The number of halogens is 3. The van der Waals surface area contributed by atoms with Gasteiger partial charge in [0.2, 0.25) is 5.91 Å². The zero-order chi connectivity index (χ0) is 19.8. The van der Waals surface area contributed by atoms with Crippen LogP contribution in [0.5, 0.6) is 0 Å². The van der Waals surface area contributed by atoms with Crippen LogP contribution in [-0.2, 0) is 17.8 Å². The van der Waals surface area contributed by atoms with Crippen LogP contribution in [0.2, 0.25) is 10.0 Å². The summed E-state index contributed by atoms with van der Waals surface area (Å²) in [6, 6.07) is 12.1. The van der Waals surface area contributed by atoms with E-state index in [4.69, 9.17) is 23.2 Å². The van der Waals surface area contributed by atoms with Gasteiger partial charge in [-0.2, -0.15) is 0 Å². The molecule has 0 saturated carbocycles. The Bertz CT molecular complexity index is 904. The number of amides is 1. The Labute approximate surface area is 184 Å². The van der Waals surface area contributed by atoms with Gasteiger partial charge in [0.15, 0.2) is 0 Å². The molecule has 28 heavy (non-hydrogen) atoms. The van der Waals surface area contributed by atoms with E-state index in [0.717, 1.165) is 54.6 Å². The largest absolute Gasteiger partial charge is 0.309 e. The van der Waals surface area contributed by atoms with Crippen LogP contribution in [0, 0.1) is 5.92 Å². The van der Waals surface area contributed by atoms with Gasteiger partial charge >= 0.3 is 0 Å². The van der Waals surface area contributed by atoms with Crippen molar-refractivity contribution in [3.63, 3.8) is 0 Å². The lowest BCUT2D eigenvalue weighted by Gasteiger charge is -2.35. The van der Waals surface area contributed by atoms with E-state index in [1.54, 1.807) is 6.07 Å². The Kier molecular flexibility index (Phi) is 6.03. The van der Waals surface area contributed by atoms with Gasteiger partial charge in [0, 0.05) is 39.3 Å². The second kappa shape index (κ2) is 8.35. The summed E-state index contributed by atoms with van der Waals surface area (Å²) in [5.41, 5.74) is 3.37. The molecule has 2 aromatic carbocycles. The first kappa shape index (κ1) is 20.2. The molecule has 0 bridgehead atoms. The Morgan fingerprint density at radius 3 is 2.82 bits per heavy atom. The van der Waals surface area contributed by atoms with Crippen LogP contribution in [0.15, 0.2) is 40.9 Å². The van der Waals surface area contributed by atoms with Crippen molar-refractivity contribution in [2.45, 2.75) is 38.8 Å². The van der Waals surface area contributed by atoms with E-state index in [-0.39, 0.29) is 17.9 Å². The van der Waals surface area contributed by atoms with Gasteiger partial charge in [0.1, 0.15) is 0 Å². The van der Waals surface area contributed by atoms with Crippen molar-refractivity contribution in [3.8, 4) is 0 Å². The minimum atomic E-state index is 0.0249. The van der Waals surface area contributed by atoms with E-state index in [1.807, 2.05) is 23.1 Å². The molecule has 1 amide bonds. The number of piperidine rings is 1. The number of carbonyl (C=O) groups is 1. The number of nitrogens with zero attached hydrogens (tertiary/aromatic N) is 2. The fourth-order valence-corrected chi connectivity index (χ4v) is 5.30. The molecule has 0 N–H and O–H groups in total. The lowest BCUT2D eigenvalue weighted by atomic mass is 9.95. The SMILES string of the molecule is CC1Cc2cc(Br)ccc2N1C(=O)C1CCCN(Cc2ccc(Cl)cc2Cl)C1. The quantitative estimate of drug-likeness (QED) is 0.541. The lowest BCUT2D eigenvalue weighted by Crippen LogP contribution is -2.46. The van der Waals surface area contributed by atoms with E-state index in [0.29, 0.717) is 10.0 Å². The maximum absolute atomic E-state index is 13.4. The first-order valence-electron chi connectivity index (χ1n) is 9.70. The molecule has 0 spiro atoms. The summed E-state index contributed by atoms with van der Waals surface area (Å²) in [5.74, 6) is 0.275. The number of anilines is 1. The van der Waals surface area contributed by atoms with Gasteiger partial charge in [-0.3, -0.25) is 9.69 Å². The van der Waals surface area contributed by atoms with Gasteiger partial charge in [0.05, 0.1) is 5.92 Å². The van der Waals surface area contributed by atoms with Gasteiger partial charge in [-0.1, -0.05) is 45.2 Å². The van der Waals surface area contributed by atoms with Crippen molar-refractivity contribution in [1.82, 2.24) is 4.90 Å². The third kappa shape index (κ3) is 4.11. The molecule has 1 saturated heterocycles. The average Bonchev–Trinajstić information content (AvgIpc) is 2.98. The number of carbonyl (C=O) groups excluding carboxylic acids is 1. The van der Waals surface area contributed by atoms with E-state index >= 15 is 0 Å². The summed E-state index contributed by atoms with van der Waals surface area (Å²) in [6.07, 6.45) is 2.88. The van der Waals surface area contributed by atoms with Crippen LogP contribution in [0.1, 0.15) is 30.9 Å². The first-order chi connectivity index (χ1) is 13.4. The van der Waals surface area contributed by atoms with Crippen molar-refractivity contribution in [3.05, 3.63) is 62.0 Å². The molecule has 2 unspecified atom stereocenters. The molecule has 1 fully saturated rings. The van der Waals surface area contributed by atoms with E-state index in [1.165, 1.54) is 5.56 Å². The van der Waals surface area contributed by atoms with Crippen LogP contribution >= 0.6 is 39.1 Å². The van der Waals surface area contributed by atoms with E-state index in [9.17, 15) is 4.79 Å². The van der Waals surface area contributed by atoms with Crippen LogP contribution in [0.25, 0.3) is 0 Å². The maximum atomic E-state index is 13.4. The lowest BCUT2D eigenvalue weighted by molar-refractivity contribution is -0.124. The second-order valence-electron chi connectivity index (χ2n) is 7.84. The summed E-state index contributed by atoms with van der Waals surface area (Å²) in [6.45, 7) is 4.65. The normalized spacial score (nSPS) is 22.4. The van der Waals surface area contributed by atoms with Crippen LogP contribution < -0.4 is 4.90 Å². The topological polar surface area (TPSA) is 23.6 Å². The van der Waals surface area contributed by atoms with E-state index < -0.39 is 0 Å². The smallest absolute Gasteiger partial charge is 0.231 e. The molecule has 6 heteroatoms. The maximum Gasteiger partial charge on any atom is 0.231 e. The molecular weight excluding hydrogens is 459 g/mol. The fourth-order valence-electron chi connectivity index (χ4n) is 4.42. The summed E-state index contributed by atoms with van der Waals surface area (Å²) in [4.78, 5) is 17.8. The first-order valence-corrected chi connectivity index (χ1v) is 11.2. The van der Waals surface area contributed by atoms with Crippen molar-refractivity contribution < 1.29 is 4.79 Å². The molecule has 2 atom stereocenters. The molecule has 0 radical (unpaired) electrons. The number of hydrogen-bond acceptors (Lipinski definition) is 2. The van der Waals surface area contributed by atoms with Gasteiger partial charge in [-0.15, -0.1) is 0 Å². The number of benzene rings is 2. The van der Waals surface area contributed by atoms with Crippen LogP contribution in [-0.4, -0.2) is 29.9 Å². The van der Waals surface area contributed by atoms with Gasteiger partial charge in [-0.05, 0) is 74.2 Å². The molecule has 2 heterocycles. The fraction of sp³-hybridized carbons (Fsp3) is 0.409. The average molecular weight is 482 g/mol. The summed E-state index contributed by atoms with van der Waals surface area (Å²) >= 11 is 15.9. The number of likely N-dealkylation sites (tertiary alicyclic amines) is 1. The summed E-state index contributed by atoms with van der Waals surface area (Å²) < 4.78 is 1.07. The molecule has 0 aromatic heterocycles. The van der Waals surface area contributed by atoms with Gasteiger partial charge in [-0.25, -0.2) is 0 Å². The monoisotopic (exact) mass is 480 g/mol. The van der Waals surface area contributed by atoms with Crippen molar-refractivity contribution in [2.24, 2.45) is 5.92 Å². The van der Waals surface area contributed by atoms with Gasteiger partial charge in [0.25, 0.3) is 0 Å². The zero-order valence-electron chi connectivity index (χ0n) is 15.8. The van der Waals surface area contributed by atoms with Crippen molar-refractivity contribution >= 4 is 50.7 Å². The Morgan fingerprint density at radius 2 is 2.04 bits per heavy atom. The third-order valence-electron chi connectivity index (χ3n) is 5.76. The Morgan fingerprint density at radius 1 is 1.21 bits per heavy atom. The number of fused-ring (bicyclic) bond motifs is 1. The van der Waals surface area contributed by atoms with Crippen molar-refractivity contribution in [2.75, 3.05) is 18.0 Å². The number of rotatable bonds is 3. The molecule has 0 aliphatic carbocycles. The molecule has 2 aromatic rings. The second-order valence-corrected chi connectivity index (χ2v) is 9.60. The van der Waals surface area contributed by atoms with Crippen molar-refractivity contribution in [1.29, 1.82) is 0 Å². The van der Waals surface area contributed by atoms with Crippen LogP contribution in [0.4, 0.5) is 5.69 Å². The molecular formula is C22H23BrCl2N2O. The van der Waals surface area contributed by atoms with E-state index in [2.05, 4.69) is 39.9 Å². The highest BCUT2D eigenvalue weighted by atomic mass is 79.9. The Hall–Kier alpha value is -1.07. The molecule has 2 aliphatic rings. The highest BCUT2D eigenvalue weighted by Crippen LogP contribution is 2.36. The molecule has 148 valence electrons. The predicted molar refractivity (Wildman–Crippen MR) is 119 cm³/mol.